The van der Waals surface area contributed by atoms with E-state index in [0.29, 0.717) is 16.4 Å². The van der Waals surface area contributed by atoms with Crippen LogP contribution in [0.5, 0.6) is 0 Å². The molecule has 0 atom stereocenters. The van der Waals surface area contributed by atoms with Crippen LogP contribution >= 0.6 is 11.8 Å². The molecule has 1 N–H and O–H groups in total. The van der Waals surface area contributed by atoms with E-state index in [1.807, 2.05) is 31.2 Å². The van der Waals surface area contributed by atoms with E-state index in [0.717, 1.165) is 16.1 Å². The number of carbonyl (C=O) groups excluding carboxylic acids is 2. The van der Waals surface area contributed by atoms with Crippen LogP contribution < -0.4 is 5.43 Å². The molecule has 8 heteroatoms. The van der Waals surface area contributed by atoms with Gasteiger partial charge in [0.1, 0.15) is 5.03 Å². The lowest BCUT2D eigenvalue weighted by Crippen LogP contribution is -2.36. The van der Waals surface area contributed by atoms with Crippen molar-refractivity contribution in [2.24, 2.45) is 0 Å². The van der Waals surface area contributed by atoms with E-state index in [1.54, 1.807) is 13.2 Å². The first-order valence-electron chi connectivity index (χ1n) is 7.68. The number of aryl methyl sites for hydroxylation is 1. The van der Waals surface area contributed by atoms with Crippen molar-refractivity contribution in [1.29, 1.82) is 0 Å². The second-order valence-electron chi connectivity index (χ2n) is 5.65. The topological polar surface area (TPSA) is 79.5 Å². The molecule has 3 rings (SSSR count). The molecule has 130 valence electrons. The number of hydrazine groups is 1. The van der Waals surface area contributed by atoms with E-state index in [4.69, 9.17) is 6.57 Å². The van der Waals surface area contributed by atoms with Crippen molar-refractivity contribution in [3.8, 4) is 11.4 Å². The maximum atomic E-state index is 12.1. The second kappa shape index (κ2) is 6.98. The van der Waals surface area contributed by atoms with Gasteiger partial charge in [0.15, 0.2) is 11.6 Å². The number of benzene rings is 1. The monoisotopic (exact) mass is 365 g/mol. The summed E-state index contributed by atoms with van der Waals surface area (Å²) in [5.41, 5.74) is 5.06. The fourth-order valence-corrected chi connectivity index (χ4v) is 2.90. The Kier molecular flexibility index (Phi) is 4.73. The van der Waals surface area contributed by atoms with Gasteiger partial charge in [-0.3, -0.25) is 15.0 Å². The van der Waals surface area contributed by atoms with E-state index in [2.05, 4.69) is 20.2 Å². The van der Waals surface area contributed by atoms with E-state index in [-0.39, 0.29) is 11.5 Å². The van der Waals surface area contributed by atoms with Gasteiger partial charge in [-0.25, -0.2) is 14.8 Å². The summed E-state index contributed by atoms with van der Waals surface area (Å²) in [4.78, 5) is 36.4. The van der Waals surface area contributed by atoms with E-state index in [1.165, 1.54) is 17.8 Å². The molecule has 1 aromatic heterocycles. The minimum absolute atomic E-state index is 0.125. The number of thioether (sulfide) groups is 1. The molecule has 1 aromatic carbocycles. The van der Waals surface area contributed by atoms with Crippen molar-refractivity contribution in [2.45, 2.75) is 18.9 Å². The largest absolute Gasteiger partial charge is 0.281 e. The lowest BCUT2D eigenvalue weighted by Gasteiger charge is -2.18. The van der Waals surface area contributed by atoms with Crippen LogP contribution in [0.2, 0.25) is 0 Å². The standard InChI is InChI=1S/C18H15N5O2S/c1-10-5-7-12(8-6-10)15-20-16(14(19-3)17(21-15)26-4)22-23-13(24)9-11(2)18(23)25/h5-9H,1-2,4H3,(H,20,21,22). The Morgan fingerprint density at radius 2 is 1.85 bits per heavy atom. The number of hydrogen-bond acceptors (Lipinski definition) is 6. The summed E-state index contributed by atoms with van der Waals surface area (Å²) in [7, 11) is 0. The fourth-order valence-electron chi connectivity index (χ4n) is 2.39. The first kappa shape index (κ1) is 17.6. The van der Waals surface area contributed by atoms with Crippen LogP contribution in [0.15, 0.2) is 40.9 Å². The van der Waals surface area contributed by atoms with Crippen LogP contribution in [0.1, 0.15) is 12.5 Å². The summed E-state index contributed by atoms with van der Waals surface area (Å²) in [6, 6.07) is 7.64. The third kappa shape index (κ3) is 3.17. The number of hydrogen-bond donors (Lipinski definition) is 1. The Balaban J connectivity index is 2.07. The number of aromatic nitrogens is 2. The second-order valence-corrected chi connectivity index (χ2v) is 6.44. The maximum Gasteiger partial charge on any atom is 0.275 e. The van der Waals surface area contributed by atoms with Crippen LogP contribution in [0.25, 0.3) is 16.2 Å². The van der Waals surface area contributed by atoms with Gasteiger partial charge < -0.3 is 0 Å². The third-order valence-corrected chi connectivity index (χ3v) is 4.46. The number of amides is 2. The molecule has 7 nitrogen and oxygen atoms in total. The molecule has 2 heterocycles. The summed E-state index contributed by atoms with van der Waals surface area (Å²) in [6.45, 7) is 11.0. The van der Waals surface area contributed by atoms with Crippen molar-refractivity contribution in [2.75, 3.05) is 11.7 Å². The molecule has 2 aromatic rings. The zero-order valence-corrected chi connectivity index (χ0v) is 15.2. The zero-order valence-electron chi connectivity index (χ0n) is 14.4. The van der Waals surface area contributed by atoms with Gasteiger partial charge in [-0.05, 0) is 20.1 Å². The van der Waals surface area contributed by atoms with Gasteiger partial charge in [0.05, 0.1) is 6.57 Å². The molecule has 26 heavy (non-hydrogen) atoms. The average molecular weight is 365 g/mol. The predicted octanol–water partition coefficient (Wildman–Crippen LogP) is 3.37. The molecule has 1 aliphatic rings. The first-order chi connectivity index (χ1) is 12.4. The van der Waals surface area contributed by atoms with Gasteiger partial charge in [-0.2, -0.15) is 5.01 Å². The molecule has 0 radical (unpaired) electrons. The molecule has 1 aliphatic heterocycles. The highest BCUT2D eigenvalue weighted by molar-refractivity contribution is 7.98. The van der Waals surface area contributed by atoms with Crippen molar-refractivity contribution >= 4 is 35.1 Å². The van der Waals surface area contributed by atoms with Crippen molar-refractivity contribution in [3.63, 3.8) is 0 Å². The quantitative estimate of drug-likeness (QED) is 0.387. The highest BCUT2D eigenvalue weighted by Gasteiger charge is 2.30. The number of rotatable bonds is 4. The van der Waals surface area contributed by atoms with E-state index >= 15 is 0 Å². The van der Waals surface area contributed by atoms with Crippen LogP contribution in [-0.4, -0.2) is 33.0 Å². The normalized spacial score (nSPS) is 13.6. The fraction of sp³-hybridized carbons (Fsp3) is 0.167. The highest BCUT2D eigenvalue weighted by Crippen LogP contribution is 2.35. The smallest absolute Gasteiger partial charge is 0.275 e. The maximum absolute atomic E-state index is 12.1. The molecule has 0 aliphatic carbocycles. The van der Waals surface area contributed by atoms with Crippen LogP contribution in [0.3, 0.4) is 0 Å². The number of anilines is 1. The Labute approximate surface area is 154 Å². The molecule has 0 spiro atoms. The summed E-state index contributed by atoms with van der Waals surface area (Å²) >= 11 is 1.30. The summed E-state index contributed by atoms with van der Waals surface area (Å²) in [5, 5.41) is 1.33. The predicted molar refractivity (Wildman–Crippen MR) is 99.5 cm³/mol. The highest BCUT2D eigenvalue weighted by atomic mass is 32.2. The van der Waals surface area contributed by atoms with Crippen LogP contribution in [0.4, 0.5) is 11.5 Å². The lowest BCUT2D eigenvalue weighted by atomic mass is 10.1. The van der Waals surface area contributed by atoms with Crippen LogP contribution in [0, 0.1) is 13.5 Å². The summed E-state index contributed by atoms with van der Waals surface area (Å²) in [6.07, 6.45) is 3.04. The van der Waals surface area contributed by atoms with Gasteiger partial charge in [-0.1, -0.05) is 29.8 Å². The van der Waals surface area contributed by atoms with Crippen molar-refractivity contribution in [1.82, 2.24) is 15.0 Å². The Bertz CT molecular complexity index is 976. The van der Waals surface area contributed by atoms with Crippen molar-refractivity contribution in [3.05, 3.63) is 52.9 Å². The van der Waals surface area contributed by atoms with Crippen molar-refractivity contribution < 1.29 is 9.59 Å². The number of nitrogens with one attached hydrogen (secondary N) is 1. The molecular formula is C18H15N5O2S. The number of nitrogens with zero attached hydrogens (tertiary/aromatic N) is 4. The Hall–Kier alpha value is -3.18. The third-order valence-electron chi connectivity index (χ3n) is 3.79. The van der Waals surface area contributed by atoms with E-state index < -0.39 is 11.8 Å². The molecule has 0 saturated heterocycles. The molecular weight excluding hydrogens is 350 g/mol. The molecule has 0 fully saturated rings. The number of carbonyl (C=O) groups is 2. The molecule has 0 unspecified atom stereocenters. The summed E-state index contributed by atoms with van der Waals surface area (Å²) < 4.78 is 0. The van der Waals surface area contributed by atoms with Gasteiger partial charge in [0.2, 0.25) is 0 Å². The lowest BCUT2D eigenvalue weighted by molar-refractivity contribution is -0.135. The van der Waals surface area contributed by atoms with Gasteiger partial charge in [-0.15, -0.1) is 11.8 Å². The van der Waals surface area contributed by atoms with E-state index in [9.17, 15) is 9.59 Å². The minimum atomic E-state index is -0.496. The molecule has 0 saturated carbocycles. The minimum Gasteiger partial charge on any atom is -0.281 e. The Morgan fingerprint density at radius 1 is 1.15 bits per heavy atom. The summed E-state index contributed by atoms with van der Waals surface area (Å²) in [5.74, 6) is -0.426. The Morgan fingerprint density at radius 3 is 2.38 bits per heavy atom. The average Bonchev–Trinajstić information content (AvgIpc) is 2.87. The first-order valence-corrected chi connectivity index (χ1v) is 8.91. The number of imide groups is 1. The molecule has 0 bridgehead atoms. The van der Waals surface area contributed by atoms with Crippen LogP contribution in [-0.2, 0) is 9.59 Å². The van der Waals surface area contributed by atoms with Gasteiger partial charge >= 0.3 is 0 Å². The zero-order chi connectivity index (χ0) is 18.8. The molecule has 2 amide bonds. The SMILES string of the molecule is [C-]#[N+]c1c(NN2C(=O)C=C(C)C2=O)nc(-c2ccc(C)cc2)nc1SC. The van der Waals surface area contributed by atoms with Gasteiger partial charge in [0.25, 0.3) is 17.5 Å². The van der Waals surface area contributed by atoms with Gasteiger partial charge in [0, 0.05) is 17.2 Å².